The van der Waals surface area contributed by atoms with Crippen LogP contribution in [0.3, 0.4) is 0 Å². The van der Waals surface area contributed by atoms with E-state index in [-0.39, 0.29) is 17.4 Å². The Balaban J connectivity index is 1.46. The molecule has 0 N–H and O–H groups in total. The average molecular weight is 479 g/mol. The number of carbonyl (C=O) groups is 3. The summed E-state index contributed by atoms with van der Waals surface area (Å²) in [5.41, 5.74) is 0.667. The first-order chi connectivity index (χ1) is 14.8. The molecular weight excluding hydrogens is 459 g/mol. The van der Waals surface area contributed by atoms with Crippen molar-refractivity contribution in [1.29, 1.82) is 0 Å². The number of benzene rings is 1. The van der Waals surface area contributed by atoms with E-state index >= 15 is 0 Å². The highest BCUT2D eigenvalue weighted by atomic mass is 35.5. The van der Waals surface area contributed by atoms with Crippen molar-refractivity contribution in [2.75, 3.05) is 19.6 Å². The Morgan fingerprint density at radius 1 is 1.19 bits per heavy atom. The van der Waals surface area contributed by atoms with Gasteiger partial charge in [0.1, 0.15) is 18.1 Å². The van der Waals surface area contributed by atoms with Crippen LogP contribution < -0.4 is 0 Å². The van der Waals surface area contributed by atoms with Gasteiger partial charge in [0.2, 0.25) is 5.91 Å². The summed E-state index contributed by atoms with van der Waals surface area (Å²) in [5.74, 6) is 0.818. The number of rotatable bonds is 4. The highest BCUT2D eigenvalue weighted by molar-refractivity contribution is 8.18. The summed E-state index contributed by atoms with van der Waals surface area (Å²) in [6, 6.07) is 8.48. The highest BCUT2D eigenvalue weighted by Gasteiger charge is 2.37. The maximum absolute atomic E-state index is 12.7. The van der Waals surface area contributed by atoms with E-state index in [0.29, 0.717) is 46.1 Å². The number of thioether (sulfide) groups is 1. The quantitative estimate of drug-likeness (QED) is 0.538. The number of likely N-dealkylation sites (tertiary alicyclic amines) is 1. The van der Waals surface area contributed by atoms with Crippen LogP contribution in [0.4, 0.5) is 4.79 Å². The molecule has 9 heteroatoms. The Morgan fingerprint density at radius 2 is 1.94 bits per heavy atom. The molecule has 0 saturated carbocycles. The first-order valence-electron chi connectivity index (χ1n) is 9.90. The first-order valence-corrected chi connectivity index (χ1v) is 11.5. The number of halogens is 2. The fourth-order valence-corrected chi connectivity index (χ4v) is 4.84. The Bertz CT molecular complexity index is 1070. The maximum atomic E-state index is 12.7. The Morgan fingerprint density at radius 3 is 2.65 bits per heavy atom. The van der Waals surface area contributed by atoms with Gasteiger partial charge < -0.3 is 9.32 Å². The zero-order valence-electron chi connectivity index (χ0n) is 16.8. The van der Waals surface area contributed by atoms with Gasteiger partial charge in [0.05, 0.1) is 9.93 Å². The molecule has 0 radical (unpaired) electrons. The first kappa shape index (κ1) is 22.0. The lowest BCUT2D eigenvalue weighted by molar-refractivity contribution is -0.136. The van der Waals surface area contributed by atoms with E-state index in [1.807, 2.05) is 0 Å². The molecule has 3 amide bonds. The van der Waals surface area contributed by atoms with E-state index in [9.17, 15) is 14.4 Å². The predicted molar refractivity (Wildman–Crippen MR) is 122 cm³/mol. The van der Waals surface area contributed by atoms with Gasteiger partial charge in [-0.2, -0.15) is 0 Å². The summed E-state index contributed by atoms with van der Waals surface area (Å²) >= 11 is 13.0. The minimum absolute atomic E-state index is 0.201. The van der Waals surface area contributed by atoms with Crippen molar-refractivity contribution in [3.8, 4) is 11.3 Å². The van der Waals surface area contributed by atoms with Crippen LogP contribution in [0.15, 0.2) is 39.7 Å². The zero-order valence-corrected chi connectivity index (χ0v) is 19.1. The van der Waals surface area contributed by atoms with Crippen LogP contribution in [-0.4, -0.2) is 46.5 Å². The molecule has 0 spiro atoms. The van der Waals surface area contributed by atoms with E-state index in [2.05, 4.69) is 6.92 Å². The summed E-state index contributed by atoms with van der Waals surface area (Å²) in [4.78, 5) is 40.6. The maximum Gasteiger partial charge on any atom is 0.294 e. The van der Waals surface area contributed by atoms with Gasteiger partial charge in [-0.05, 0) is 60.9 Å². The lowest BCUT2D eigenvalue weighted by Crippen LogP contribution is -2.45. The third-order valence-corrected chi connectivity index (χ3v) is 6.86. The molecule has 0 atom stereocenters. The molecule has 2 fully saturated rings. The van der Waals surface area contributed by atoms with Gasteiger partial charge >= 0.3 is 0 Å². The van der Waals surface area contributed by atoms with Crippen LogP contribution in [0.2, 0.25) is 10.0 Å². The number of amides is 3. The summed E-state index contributed by atoms with van der Waals surface area (Å²) < 4.78 is 5.78. The van der Waals surface area contributed by atoms with Crippen molar-refractivity contribution in [1.82, 2.24) is 9.80 Å². The second-order valence-electron chi connectivity index (χ2n) is 7.66. The van der Waals surface area contributed by atoms with E-state index < -0.39 is 11.1 Å². The van der Waals surface area contributed by atoms with Crippen molar-refractivity contribution in [2.45, 2.75) is 19.8 Å². The molecule has 0 bridgehead atoms. The van der Waals surface area contributed by atoms with Gasteiger partial charge in [0.25, 0.3) is 11.1 Å². The largest absolute Gasteiger partial charge is 0.457 e. The molecule has 2 aromatic rings. The third-order valence-electron chi connectivity index (χ3n) is 5.40. The summed E-state index contributed by atoms with van der Waals surface area (Å²) in [7, 11) is 0. The number of furan rings is 1. The van der Waals surface area contributed by atoms with Crippen molar-refractivity contribution in [2.24, 2.45) is 5.92 Å². The summed E-state index contributed by atoms with van der Waals surface area (Å²) in [6.45, 7) is 3.24. The van der Waals surface area contributed by atoms with Gasteiger partial charge in [-0.15, -0.1) is 0 Å². The lowest BCUT2D eigenvalue weighted by atomic mass is 9.99. The number of carbonyl (C=O) groups excluding carboxylic acids is 3. The van der Waals surface area contributed by atoms with Crippen LogP contribution in [0.1, 0.15) is 25.5 Å². The smallest absolute Gasteiger partial charge is 0.294 e. The van der Waals surface area contributed by atoms with Gasteiger partial charge in [-0.3, -0.25) is 19.3 Å². The Kier molecular flexibility index (Phi) is 6.46. The van der Waals surface area contributed by atoms with Crippen LogP contribution >= 0.6 is 35.0 Å². The summed E-state index contributed by atoms with van der Waals surface area (Å²) in [6.07, 6.45) is 3.38. The highest BCUT2D eigenvalue weighted by Crippen LogP contribution is 2.35. The second kappa shape index (κ2) is 9.10. The molecule has 162 valence electrons. The standard InChI is InChI=1S/C22H20Cl2N2O4S/c1-13-6-8-25(9-7-13)20(27)12-26-21(28)19(31-22(26)29)11-15-3-5-18(30-15)16-4-2-14(23)10-17(16)24/h2-5,10-11,13H,6-9,12H2,1H3/b19-11+. The fraction of sp³-hybridized carbons (Fsp3) is 0.318. The molecule has 1 aromatic carbocycles. The summed E-state index contributed by atoms with van der Waals surface area (Å²) in [5, 5.41) is 0.504. The number of hydrogen-bond acceptors (Lipinski definition) is 5. The molecule has 3 heterocycles. The minimum Gasteiger partial charge on any atom is -0.457 e. The van der Waals surface area contributed by atoms with E-state index in [1.54, 1.807) is 35.2 Å². The molecule has 6 nitrogen and oxygen atoms in total. The molecule has 2 aliphatic rings. The predicted octanol–water partition coefficient (Wildman–Crippen LogP) is 5.55. The van der Waals surface area contributed by atoms with Crippen molar-refractivity contribution in [3.05, 3.63) is 51.0 Å². The van der Waals surface area contributed by atoms with E-state index in [1.165, 1.54) is 6.08 Å². The van der Waals surface area contributed by atoms with Crippen molar-refractivity contribution >= 4 is 58.1 Å². The van der Waals surface area contributed by atoms with Crippen LogP contribution in [0, 0.1) is 5.92 Å². The van der Waals surface area contributed by atoms with Gasteiger partial charge in [0.15, 0.2) is 0 Å². The van der Waals surface area contributed by atoms with Crippen LogP contribution in [0.5, 0.6) is 0 Å². The molecule has 0 unspecified atom stereocenters. The van der Waals surface area contributed by atoms with E-state index in [4.69, 9.17) is 27.6 Å². The normalized spacial score (nSPS) is 19.0. The van der Waals surface area contributed by atoms with Gasteiger partial charge in [-0.25, -0.2) is 0 Å². The molecule has 2 saturated heterocycles. The van der Waals surface area contributed by atoms with Crippen molar-refractivity contribution < 1.29 is 18.8 Å². The SMILES string of the molecule is CC1CCN(C(=O)CN2C(=O)S/C(=C/c3ccc(-c4ccc(Cl)cc4Cl)o3)C2=O)CC1. The number of imide groups is 1. The topological polar surface area (TPSA) is 70.8 Å². The van der Waals surface area contributed by atoms with Gasteiger partial charge in [0, 0.05) is 29.8 Å². The van der Waals surface area contributed by atoms with Crippen molar-refractivity contribution in [3.63, 3.8) is 0 Å². The van der Waals surface area contributed by atoms with Gasteiger partial charge in [-0.1, -0.05) is 30.1 Å². The molecule has 31 heavy (non-hydrogen) atoms. The molecule has 4 rings (SSSR count). The molecular formula is C22H20Cl2N2O4S. The van der Waals surface area contributed by atoms with Crippen LogP contribution in [0.25, 0.3) is 17.4 Å². The minimum atomic E-state index is -0.490. The zero-order chi connectivity index (χ0) is 22.1. The number of hydrogen-bond donors (Lipinski definition) is 0. The van der Waals surface area contributed by atoms with Crippen LogP contribution in [-0.2, 0) is 9.59 Å². The molecule has 2 aliphatic heterocycles. The Hall–Kier alpha value is -2.22. The Labute approximate surface area is 194 Å². The average Bonchev–Trinajstić information content (AvgIpc) is 3.28. The monoisotopic (exact) mass is 478 g/mol. The molecule has 0 aliphatic carbocycles. The third kappa shape index (κ3) is 4.84. The fourth-order valence-electron chi connectivity index (χ4n) is 3.52. The molecule has 1 aromatic heterocycles. The number of piperidine rings is 1. The number of nitrogens with zero attached hydrogens (tertiary/aromatic N) is 2. The second-order valence-corrected chi connectivity index (χ2v) is 9.49. The lowest BCUT2D eigenvalue weighted by Gasteiger charge is -2.31. The van der Waals surface area contributed by atoms with E-state index in [0.717, 1.165) is 29.5 Å².